The molecule has 1 fully saturated rings. The van der Waals surface area contributed by atoms with Crippen molar-refractivity contribution in [3.05, 3.63) is 47.8 Å². The van der Waals surface area contributed by atoms with Crippen LogP contribution in [0.2, 0.25) is 0 Å². The van der Waals surface area contributed by atoms with Crippen LogP contribution < -0.4 is 15.4 Å². The summed E-state index contributed by atoms with van der Waals surface area (Å²) in [4.78, 5) is 7.99. The highest BCUT2D eigenvalue weighted by molar-refractivity contribution is 14.0. The first-order valence-electron chi connectivity index (χ1n) is 9.17. The molecule has 0 amide bonds. The molecule has 1 aliphatic carbocycles. The Balaban J connectivity index is 0.00000300. The normalized spacial score (nSPS) is 15.0. The minimum Gasteiger partial charge on any atom is -0.490 e. The van der Waals surface area contributed by atoms with Crippen LogP contribution in [0.25, 0.3) is 0 Å². The molecular formula is C19H25F3IN5O. The Morgan fingerprint density at radius 1 is 1.38 bits per heavy atom. The SMILES string of the molecule is CN=C(NCc1nccn1C(F)F)NC(C)c1ccc(OCC2CC2)c(F)c1.I. The van der Waals surface area contributed by atoms with E-state index in [4.69, 9.17) is 4.74 Å². The first-order chi connectivity index (χ1) is 13.5. The fourth-order valence-electron chi connectivity index (χ4n) is 2.70. The Labute approximate surface area is 185 Å². The zero-order chi connectivity index (χ0) is 20.1. The second-order valence-corrected chi connectivity index (χ2v) is 6.76. The second-order valence-electron chi connectivity index (χ2n) is 6.76. The van der Waals surface area contributed by atoms with Gasteiger partial charge in [-0.1, -0.05) is 6.07 Å². The van der Waals surface area contributed by atoms with Gasteiger partial charge in [0.15, 0.2) is 17.5 Å². The van der Waals surface area contributed by atoms with E-state index in [1.165, 1.54) is 18.5 Å². The van der Waals surface area contributed by atoms with E-state index < -0.39 is 12.4 Å². The predicted octanol–water partition coefficient (Wildman–Crippen LogP) is 4.25. The van der Waals surface area contributed by atoms with Gasteiger partial charge in [-0.15, -0.1) is 24.0 Å². The summed E-state index contributed by atoms with van der Waals surface area (Å²) in [5.74, 6) is 0.979. The summed E-state index contributed by atoms with van der Waals surface area (Å²) in [6.07, 6.45) is 4.82. The van der Waals surface area contributed by atoms with E-state index in [9.17, 15) is 13.2 Å². The summed E-state index contributed by atoms with van der Waals surface area (Å²) in [6, 6.07) is 4.59. The Hall–Kier alpha value is -1.98. The lowest BCUT2D eigenvalue weighted by Crippen LogP contribution is -2.38. The zero-order valence-electron chi connectivity index (χ0n) is 16.2. The summed E-state index contributed by atoms with van der Waals surface area (Å²) in [6.45, 7) is -0.176. The highest BCUT2D eigenvalue weighted by atomic mass is 127. The van der Waals surface area contributed by atoms with E-state index in [1.807, 2.05) is 6.92 Å². The van der Waals surface area contributed by atoms with Crippen LogP contribution >= 0.6 is 24.0 Å². The highest BCUT2D eigenvalue weighted by Gasteiger charge is 2.22. The van der Waals surface area contributed by atoms with Crippen LogP contribution in [0.15, 0.2) is 35.6 Å². The van der Waals surface area contributed by atoms with Gasteiger partial charge in [0.1, 0.15) is 5.82 Å². The third kappa shape index (κ3) is 6.51. The Morgan fingerprint density at radius 3 is 2.76 bits per heavy atom. The molecule has 2 N–H and O–H groups in total. The summed E-state index contributed by atoms with van der Waals surface area (Å²) >= 11 is 0. The maximum atomic E-state index is 14.3. The lowest BCUT2D eigenvalue weighted by atomic mass is 10.1. The maximum Gasteiger partial charge on any atom is 0.319 e. The standard InChI is InChI=1S/C19H24F3N5O.HI/c1-12(14-5-6-16(15(20)9-14)28-11-13-3-4-13)26-19(23-2)25-10-17-24-7-8-27(17)18(21)22;/h5-9,12-13,18H,3-4,10-11H2,1-2H3,(H2,23,25,26);1H. The lowest BCUT2D eigenvalue weighted by Gasteiger charge is -2.19. The molecule has 0 radical (unpaired) electrons. The number of aromatic nitrogens is 2. The molecule has 29 heavy (non-hydrogen) atoms. The van der Waals surface area contributed by atoms with E-state index in [0.29, 0.717) is 24.0 Å². The molecule has 160 valence electrons. The van der Waals surface area contributed by atoms with Crippen molar-refractivity contribution >= 4 is 29.9 Å². The number of hydrogen-bond acceptors (Lipinski definition) is 3. The van der Waals surface area contributed by atoms with E-state index >= 15 is 0 Å². The monoisotopic (exact) mass is 523 g/mol. The summed E-state index contributed by atoms with van der Waals surface area (Å²) in [5, 5.41) is 6.05. The van der Waals surface area contributed by atoms with Gasteiger partial charge in [0.25, 0.3) is 0 Å². The van der Waals surface area contributed by atoms with Crippen LogP contribution in [-0.4, -0.2) is 29.2 Å². The van der Waals surface area contributed by atoms with Gasteiger partial charge in [-0.3, -0.25) is 9.56 Å². The van der Waals surface area contributed by atoms with Crippen LogP contribution in [0.3, 0.4) is 0 Å². The summed E-state index contributed by atoms with van der Waals surface area (Å²) in [7, 11) is 1.57. The number of alkyl halides is 2. The van der Waals surface area contributed by atoms with Crippen molar-refractivity contribution in [3.63, 3.8) is 0 Å². The Morgan fingerprint density at radius 2 is 2.14 bits per heavy atom. The molecule has 0 bridgehead atoms. The fraction of sp³-hybridized carbons (Fsp3) is 0.474. The van der Waals surface area contributed by atoms with Gasteiger partial charge in [-0.2, -0.15) is 8.78 Å². The average molecular weight is 523 g/mol. The molecular weight excluding hydrogens is 498 g/mol. The number of rotatable bonds is 8. The quantitative estimate of drug-likeness (QED) is 0.309. The lowest BCUT2D eigenvalue weighted by molar-refractivity contribution is 0.0668. The van der Waals surface area contributed by atoms with E-state index in [1.54, 1.807) is 19.2 Å². The van der Waals surface area contributed by atoms with E-state index in [2.05, 4.69) is 20.6 Å². The topological polar surface area (TPSA) is 63.5 Å². The molecule has 1 aromatic heterocycles. The van der Waals surface area contributed by atoms with Crippen molar-refractivity contribution in [3.8, 4) is 5.75 Å². The van der Waals surface area contributed by atoms with Crippen molar-refractivity contribution in [2.45, 2.75) is 38.9 Å². The summed E-state index contributed by atoms with van der Waals surface area (Å²) in [5.41, 5.74) is 0.716. The highest BCUT2D eigenvalue weighted by Crippen LogP contribution is 2.30. The second kappa shape index (κ2) is 10.7. The molecule has 3 rings (SSSR count). The first kappa shape index (κ1) is 23.3. The summed E-state index contributed by atoms with van der Waals surface area (Å²) < 4.78 is 46.3. The third-order valence-electron chi connectivity index (χ3n) is 4.58. The number of imidazole rings is 1. The molecule has 0 spiro atoms. The maximum absolute atomic E-state index is 14.3. The van der Waals surface area contributed by atoms with Gasteiger partial charge in [0.2, 0.25) is 0 Å². The molecule has 0 aliphatic heterocycles. The van der Waals surface area contributed by atoms with Crippen molar-refractivity contribution < 1.29 is 17.9 Å². The number of guanidine groups is 1. The van der Waals surface area contributed by atoms with Gasteiger partial charge in [-0.05, 0) is 43.4 Å². The van der Waals surface area contributed by atoms with Crippen molar-refractivity contribution in [2.75, 3.05) is 13.7 Å². The molecule has 6 nitrogen and oxygen atoms in total. The molecule has 1 aromatic carbocycles. The largest absolute Gasteiger partial charge is 0.490 e. The molecule has 1 heterocycles. The predicted molar refractivity (Wildman–Crippen MR) is 115 cm³/mol. The van der Waals surface area contributed by atoms with Crippen LogP contribution in [0, 0.1) is 11.7 Å². The number of nitrogens with one attached hydrogen (secondary N) is 2. The van der Waals surface area contributed by atoms with E-state index in [0.717, 1.165) is 17.4 Å². The first-order valence-corrected chi connectivity index (χ1v) is 9.17. The number of aliphatic imine (C=N–C) groups is 1. The third-order valence-corrected chi connectivity index (χ3v) is 4.58. The molecule has 10 heteroatoms. The molecule has 0 saturated heterocycles. The Bertz CT molecular complexity index is 826. The van der Waals surface area contributed by atoms with Crippen molar-refractivity contribution in [1.29, 1.82) is 0 Å². The van der Waals surface area contributed by atoms with Gasteiger partial charge in [0.05, 0.1) is 19.2 Å². The van der Waals surface area contributed by atoms with Crippen LogP contribution in [0.4, 0.5) is 13.2 Å². The number of ether oxygens (including phenoxy) is 1. The Kier molecular flexibility index (Phi) is 8.60. The average Bonchev–Trinajstić information content (AvgIpc) is 3.38. The van der Waals surface area contributed by atoms with Gasteiger partial charge in [0, 0.05) is 19.4 Å². The minimum absolute atomic E-state index is 0. The number of hydrogen-bond donors (Lipinski definition) is 2. The van der Waals surface area contributed by atoms with Crippen LogP contribution in [-0.2, 0) is 6.54 Å². The minimum atomic E-state index is -2.66. The number of nitrogens with zero attached hydrogens (tertiary/aromatic N) is 3. The molecule has 1 unspecified atom stereocenters. The smallest absolute Gasteiger partial charge is 0.319 e. The van der Waals surface area contributed by atoms with Crippen molar-refractivity contribution in [2.24, 2.45) is 10.9 Å². The molecule has 1 aliphatic rings. The van der Waals surface area contributed by atoms with Crippen LogP contribution in [0.5, 0.6) is 5.75 Å². The van der Waals surface area contributed by atoms with Gasteiger partial charge < -0.3 is 15.4 Å². The fourth-order valence-corrected chi connectivity index (χ4v) is 2.70. The van der Waals surface area contributed by atoms with Gasteiger partial charge >= 0.3 is 6.55 Å². The molecule has 1 saturated carbocycles. The van der Waals surface area contributed by atoms with E-state index in [-0.39, 0.29) is 48.1 Å². The molecule has 1 atom stereocenters. The number of halogens is 4. The van der Waals surface area contributed by atoms with Crippen molar-refractivity contribution in [1.82, 2.24) is 20.2 Å². The zero-order valence-corrected chi connectivity index (χ0v) is 18.6. The van der Waals surface area contributed by atoms with Gasteiger partial charge in [-0.25, -0.2) is 9.37 Å². The van der Waals surface area contributed by atoms with Crippen LogP contribution in [0.1, 0.15) is 43.7 Å². The number of benzene rings is 1. The molecule has 2 aromatic rings.